The maximum absolute atomic E-state index is 13.4. The fourth-order valence-electron chi connectivity index (χ4n) is 3.99. The first-order valence-electron chi connectivity index (χ1n) is 12.4. The summed E-state index contributed by atoms with van der Waals surface area (Å²) in [6.45, 7) is 1.93. The highest BCUT2D eigenvalue weighted by Crippen LogP contribution is 2.34. The summed E-state index contributed by atoms with van der Waals surface area (Å²) < 4.78 is 52.6. The van der Waals surface area contributed by atoms with Crippen LogP contribution in [0.25, 0.3) is 17.3 Å². The van der Waals surface area contributed by atoms with E-state index in [9.17, 15) is 18.0 Å². The van der Waals surface area contributed by atoms with E-state index in [4.69, 9.17) is 8.83 Å². The van der Waals surface area contributed by atoms with Crippen LogP contribution in [0.5, 0.6) is 0 Å². The van der Waals surface area contributed by atoms with Crippen molar-refractivity contribution in [2.24, 2.45) is 0 Å². The van der Waals surface area contributed by atoms with Gasteiger partial charge in [0, 0.05) is 6.04 Å². The number of nitrogens with one attached hydrogen (secondary N) is 1. The number of nitrogens with zero attached hydrogens (tertiary/aromatic N) is 4. The number of benzene rings is 2. The number of amides is 1. The summed E-state index contributed by atoms with van der Waals surface area (Å²) in [5.41, 5.74) is 0.738. The largest absolute Gasteiger partial charge is 0.461 e. The Morgan fingerprint density at radius 1 is 1.05 bits per heavy atom. The third-order valence-electron chi connectivity index (χ3n) is 6.00. The first-order valence-corrected chi connectivity index (χ1v) is 13.4. The summed E-state index contributed by atoms with van der Waals surface area (Å²) in [5.74, 6) is 0.640. The number of hydrogen-bond acceptors (Lipinski definition) is 7. The minimum absolute atomic E-state index is 0.0757. The summed E-state index contributed by atoms with van der Waals surface area (Å²) in [6, 6.07) is 18.1. The fourth-order valence-corrected chi connectivity index (χ4v) is 4.79. The number of aromatic nitrogens is 4. The molecule has 206 valence electrons. The zero-order valence-corrected chi connectivity index (χ0v) is 22.1. The van der Waals surface area contributed by atoms with Gasteiger partial charge in [-0.1, -0.05) is 48.2 Å². The van der Waals surface area contributed by atoms with Crippen LogP contribution in [0.3, 0.4) is 0 Å². The lowest BCUT2D eigenvalue weighted by molar-refractivity contribution is -0.137. The van der Waals surface area contributed by atoms with Gasteiger partial charge in [0.2, 0.25) is 11.7 Å². The van der Waals surface area contributed by atoms with Gasteiger partial charge in [-0.15, -0.1) is 10.2 Å². The van der Waals surface area contributed by atoms with Gasteiger partial charge in [-0.2, -0.15) is 13.2 Å². The Balaban J connectivity index is 1.28. The van der Waals surface area contributed by atoms with E-state index < -0.39 is 11.7 Å². The van der Waals surface area contributed by atoms with Crippen LogP contribution >= 0.6 is 11.8 Å². The fraction of sp³-hybridized carbons (Fsp3) is 0.214. The van der Waals surface area contributed by atoms with Gasteiger partial charge in [0.1, 0.15) is 6.26 Å². The number of carbonyl (C=O) groups is 1. The van der Waals surface area contributed by atoms with Gasteiger partial charge in [0.15, 0.2) is 16.6 Å². The number of oxazole rings is 1. The molecule has 0 aliphatic heterocycles. The SMILES string of the molecule is CC(CCc1ccccc1)NC(=O)c1coc(CSc2nnc(-c3ccco3)n2-c2cccc(C(F)(F)F)c2)n1. The molecule has 1 atom stereocenters. The van der Waals surface area contributed by atoms with E-state index in [2.05, 4.69) is 20.5 Å². The number of aryl methyl sites for hydroxylation is 1. The number of thioether (sulfide) groups is 1. The van der Waals surface area contributed by atoms with E-state index in [1.165, 1.54) is 34.8 Å². The van der Waals surface area contributed by atoms with E-state index in [1.54, 1.807) is 12.1 Å². The maximum atomic E-state index is 13.4. The van der Waals surface area contributed by atoms with Crippen LogP contribution in [0.4, 0.5) is 13.2 Å². The number of halogens is 3. The van der Waals surface area contributed by atoms with Crippen LogP contribution in [0.15, 0.2) is 93.2 Å². The van der Waals surface area contributed by atoms with Gasteiger partial charge < -0.3 is 14.2 Å². The molecule has 40 heavy (non-hydrogen) atoms. The second-order valence-corrected chi connectivity index (χ2v) is 9.92. The van der Waals surface area contributed by atoms with Crippen molar-refractivity contribution in [3.05, 3.63) is 102 Å². The number of carbonyl (C=O) groups excluding carboxylic acids is 1. The minimum atomic E-state index is -4.52. The van der Waals surface area contributed by atoms with E-state index in [0.29, 0.717) is 10.9 Å². The molecular weight excluding hydrogens is 543 g/mol. The van der Waals surface area contributed by atoms with Crippen molar-refractivity contribution in [2.75, 3.05) is 0 Å². The second kappa shape index (κ2) is 11.8. The average molecular weight is 568 g/mol. The molecule has 1 amide bonds. The summed E-state index contributed by atoms with van der Waals surface area (Å²) in [6.07, 6.45) is -0.207. The van der Waals surface area contributed by atoms with Gasteiger partial charge in [-0.25, -0.2) is 4.98 Å². The second-order valence-electron chi connectivity index (χ2n) is 8.98. The standard InChI is InChI=1S/C28H24F3N5O3S/c1-18(12-13-19-7-3-2-4-8-19)32-26(37)22-16-39-24(33-22)17-40-27-35-34-25(23-11-6-14-38-23)36(27)21-10-5-9-20(15-21)28(29,30)31/h2-11,14-16,18H,12-13,17H2,1H3,(H,32,37). The molecule has 0 bridgehead atoms. The molecule has 0 saturated carbocycles. The van der Waals surface area contributed by atoms with Crippen LogP contribution in [-0.4, -0.2) is 31.7 Å². The van der Waals surface area contributed by atoms with Crippen molar-refractivity contribution < 1.29 is 26.8 Å². The van der Waals surface area contributed by atoms with Crippen LogP contribution in [0.1, 0.15) is 40.9 Å². The average Bonchev–Trinajstić information content (AvgIpc) is 3.72. The van der Waals surface area contributed by atoms with Crippen molar-refractivity contribution in [1.29, 1.82) is 0 Å². The molecule has 3 heterocycles. The molecule has 5 rings (SSSR count). The Labute approximate surface area is 231 Å². The van der Waals surface area contributed by atoms with Crippen LogP contribution in [-0.2, 0) is 18.3 Å². The minimum Gasteiger partial charge on any atom is -0.461 e. The third kappa shape index (κ3) is 6.45. The summed E-state index contributed by atoms with van der Waals surface area (Å²) >= 11 is 1.15. The highest BCUT2D eigenvalue weighted by Gasteiger charge is 2.31. The molecule has 1 N–H and O–H groups in total. The molecule has 8 nitrogen and oxygen atoms in total. The summed E-state index contributed by atoms with van der Waals surface area (Å²) in [7, 11) is 0. The third-order valence-corrected chi connectivity index (χ3v) is 6.92. The van der Waals surface area contributed by atoms with E-state index in [-0.39, 0.29) is 40.8 Å². The number of hydrogen-bond donors (Lipinski definition) is 1. The van der Waals surface area contributed by atoms with Crippen LogP contribution < -0.4 is 5.32 Å². The van der Waals surface area contributed by atoms with Crippen molar-refractivity contribution in [1.82, 2.24) is 25.1 Å². The molecule has 0 radical (unpaired) electrons. The van der Waals surface area contributed by atoms with Crippen molar-refractivity contribution in [2.45, 2.75) is 42.9 Å². The Kier molecular flexibility index (Phi) is 8.06. The first kappa shape index (κ1) is 27.3. The maximum Gasteiger partial charge on any atom is 0.416 e. The van der Waals surface area contributed by atoms with E-state index >= 15 is 0 Å². The van der Waals surface area contributed by atoms with Gasteiger partial charge in [-0.3, -0.25) is 9.36 Å². The Hall–Kier alpha value is -4.32. The summed E-state index contributed by atoms with van der Waals surface area (Å²) in [4.78, 5) is 16.9. The molecule has 5 aromatic rings. The van der Waals surface area contributed by atoms with Crippen LogP contribution in [0, 0.1) is 0 Å². The zero-order chi connectivity index (χ0) is 28.1. The predicted octanol–water partition coefficient (Wildman–Crippen LogP) is 6.58. The number of furan rings is 1. The molecule has 1 unspecified atom stereocenters. The van der Waals surface area contributed by atoms with Crippen LogP contribution in [0.2, 0.25) is 0 Å². The van der Waals surface area contributed by atoms with Gasteiger partial charge in [-0.05, 0) is 55.7 Å². The molecule has 0 fully saturated rings. The highest BCUT2D eigenvalue weighted by atomic mass is 32.2. The molecule has 0 aliphatic carbocycles. The monoisotopic (exact) mass is 567 g/mol. The molecule has 0 spiro atoms. The number of alkyl halides is 3. The lowest BCUT2D eigenvalue weighted by Gasteiger charge is -2.12. The summed E-state index contributed by atoms with van der Waals surface area (Å²) in [5, 5.41) is 11.5. The van der Waals surface area contributed by atoms with Crippen molar-refractivity contribution >= 4 is 17.7 Å². The molecule has 3 aromatic heterocycles. The van der Waals surface area contributed by atoms with Gasteiger partial charge in [0.05, 0.1) is 23.3 Å². The smallest absolute Gasteiger partial charge is 0.416 e. The Morgan fingerprint density at radius 3 is 2.62 bits per heavy atom. The van der Waals surface area contributed by atoms with Crippen molar-refractivity contribution in [3.8, 4) is 17.3 Å². The van der Waals surface area contributed by atoms with Gasteiger partial charge in [0.25, 0.3) is 5.91 Å². The first-order chi connectivity index (χ1) is 19.3. The quantitative estimate of drug-likeness (QED) is 0.190. The zero-order valence-electron chi connectivity index (χ0n) is 21.3. The Bertz CT molecular complexity index is 1570. The molecule has 12 heteroatoms. The molecular formula is C28H24F3N5O3S. The van der Waals surface area contributed by atoms with Crippen molar-refractivity contribution in [3.63, 3.8) is 0 Å². The van der Waals surface area contributed by atoms with E-state index in [1.807, 2.05) is 37.3 Å². The highest BCUT2D eigenvalue weighted by molar-refractivity contribution is 7.98. The lowest BCUT2D eigenvalue weighted by atomic mass is 10.1. The number of rotatable bonds is 10. The topological polar surface area (TPSA) is 99.0 Å². The molecule has 2 aromatic carbocycles. The molecule has 0 aliphatic rings. The Morgan fingerprint density at radius 2 is 1.88 bits per heavy atom. The van der Waals surface area contributed by atoms with Gasteiger partial charge >= 0.3 is 6.18 Å². The van der Waals surface area contributed by atoms with E-state index in [0.717, 1.165) is 36.7 Å². The molecule has 0 saturated heterocycles. The lowest BCUT2D eigenvalue weighted by Crippen LogP contribution is -2.33. The normalized spacial score (nSPS) is 12.4. The predicted molar refractivity (Wildman–Crippen MR) is 142 cm³/mol.